The Balaban J connectivity index is 3.99. The number of hydrogen-bond donors (Lipinski definition) is 1. The molecule has 29 heavy (non-hydrogen) atoms. The molecule has 0 bridgehead atoms. The molecule has 0 rings (SSSR count). The lowest BCUT2D eigenvalue weighted by Crippen LogP contribution is -2.06. The van der Waals surface area contributed by atoms with Crippen LogP contribution in [0.2, 0.25) is 0 Å². The molecule has 0 fully saturated rings. The van der Waals surface area contributed by atoms with Crippen molar-refractivity contribution in [2.45, 2.75) is 92.4 Å². The Morgan fingerprint density at radius 3 is 1.66 bits per heavy atom. The van der Waals surface area contributed by atoms with Gasteiger partial charge in [0.05, 0.1) is 0 Å². The minimum Gasteiger partial charge on any atom is -0.481 e. The lowest BCUT2D eigenvalue weighted by Gasteiger charge is -2.04. The zero-order valence-electron chi connectivity index (χ0n) is 19.1. The summed E-state index contributed by atoms with van der Waals surface area (Å²) in [6.07, 6.45) is 15.7. The smallest absolute Gasteiger partial charge is 0.306 e. The average molecular weight is 405 g/mol. The van der Waals surface area contributed by atoms with Gasteiger partial charge in [-0.1, -0.05) is 40.5 Å². The zero-order valence-corrected chi connectivity index (χ0v) is 19.1. The number of esters is 1. The maximum absolute atomic E-state index is 11.5. The molecular formula is C25H40O4. The van der Waals surface area contributed by atoms with Crippen molar-refractivity contribution in [1.29, 1.82) is 0 Å². The van der Waals surface area contributed by atoms with Gasteiger partial charge in [-0.2, -0.15) is 0 Å². The largest absolute Gasteiger partial charge is 0.481 e. The fourth-order valence-electron chi connectivity index (χ4n) is 2.72. The summed E-state index contributed by atoms with van der Waals surface area (Å²) >= 11 is 0. The van der Waals surface area contributed by atoms with Crippen LogP contribution in [0.4, 0.5) is 0 Å². The van der Waals surface area contributed by atoms with Gasteiger partial charge in [0.25, 0.3) is 0 Å². The lowest BCUT2D eigenvalue weighted by molar-refractivity contribution is -0.142. The van der Waals surface area contributed by atoms with Gasteiger partial charge in [-0.15, -0.1) is 0 Å². The molecule has 0 radical (unpaired) electrons. The van der Waals surface area contributed by atoms with E-state index in [1.807, 2.05) is 13.0 Å². The third kappa shape index (κ3) is 19.0. The van der Waals surface area contributed by atoms with Gasteiger partial charge in [0.2, 0.25) is 0 Å². The topological polar surface area (TPSA) is 63.6 Å². The molecule has 0 saturated carbocycles. The van der Waals surface area contributed by atoms with E-state index >= 15 is 0 Å². The summed E-state index contributed by atoms with van der Waals surface area (Å²) in [6.45, 7) is 11.0. The van der Waals surface area contributed by atoms with Gasteiger partial charge in [-0.05, 0) is 85.6 Å². The fraction of sp³-hybridized carbons (Fsp3) is 0.600. The van der Waals surface area contributed by atoms with E-state index in [4.69, 9.17) is 9.84 Å². The van der Waals surface area contributed by atoms with Crippen LogP contribution in [0.15, 0.2) is 46.6 Å². The number of carbonyl (C=O) groups excluding carboxylic acids is 1. The number of carboxylic acid groups (broad SMARTS) is 1. The van der Waals surface area contributed by atoms with Crippen LogP contribution in [0.25, 0.3) is 0 Å². The van der Waals surface area contributed by atoms with E-state index in [-0.39, 0.29) is 25.4 Å². The van der Waals surface area contributed by atoms with E-state index in [0.717, 1.165) is 38.5 Å². The summed E-state index contributed by atoms with van der Waals surface area (Å²) < 4.78 is 5.10. The highest BCUT2D eigenvalue weighted by atomic mass is 16.5. The predicted octanol–water partition coefficient (Wildman–Crippen LogP) is 6.93. The van der Waals surface area contributed by atoms with Crippen molar-refractivity contribution in [3.8, 4) is 0 Å². The molecule has 0 aromatic carbocycles. The molecule has 164 valence electrons. The predicted molar refractivity (Wildman–Crippen MR) is 121 cm³/mol. The molecule has 0 aliphatic carbocycles. The molecule has 0 spiro atoms. The van der Waals surface area contributed by atoms with Crippen LogP contribution in [0, 0.1) is 0 Å². The monoisotopic (exact) mass is 404 g/mol. The summed E-state index contributed by atoms with van der Waals surface area (Å²) in [7, 11) is 0. The Kier molecular flexibility index (Phi) is 15.6. The highest BCUT2D eigenvalue weighted by Crippen LogP contribution is 2.13. The van der Waals surface area contributed by atoms with Crippen LogP contribution >= 0.6 is 0 Å². The first-order chi connectivity index (χ1) is 13.7. The summed E-state index contributed by atoms with van der Waals surface area (Å²) in [4.78, 5) is 21.9. The molecule has 1 N–H and O–H groups in total. The minimum atomic E-state index is -0.887. The molecule has 4 nitrogen and oxygen atoms in total. The van der Waals surface area contributed by atoms with Gasteiger partial charge >= 0.3 is 11.9 Å². The van der Waals surface area contributed by atoms with Crippen LogP contribution in [-0.4, -0.2) is 23.7 Å². The van der Waals surface area contributed by atoms with Gasteiger partial charge in [-0.3, -0.25) is 9.59 Å². The van der Waals surface area contributed by atoms with Crippen molar-refractivity contribution in [3.05, 3.63) is 46.6 Å². The molecule has 0 aliphatic rings. The zero-order chi connectivity index (χ0) is 22.1. The van der Waals surface area contributed by atoms with Gasteiger partial charge in [0.15, 0.2) is 0 Å². The average Bonchev–Trinajstić information content (AvgIpc) is 2.61. The number of carboxylic acids is 1. The number of aliphatic carboxylic acids is 1. The highest BCUT2D eigenvalue weighted by Gasteiger charge is 2.04. The minimum absolute atomic E-state index is 0.000904. The summed E-state index contributed by atoms with van der Waals surface area (Å²) in [5.74, 6) is -1.22. The van der Waals surface area contributed by atoms with Crippen molar-refractivity contribution in [3.63, 3.8) is 0 Å². The van der Waals surface area contributed by atoms with Crippen molar-refractivity contribution in [1.82, 2.24) is 0 Å². The Labute approximate surface area is 177 Å². The highest BCUT2D eigenvalue weighted by molar-refractivity contribution is 5.71. The second kappa shape index (κ2) is 16.8. The van der Waals surface area contributed by atoms with E-state index in [1.54, 1.807) is 0 Å². The molecule has 0 saturated heterocycles. The normalized spacial score (nSPS) is 12.7. The molecule has 0 heterocycles. The first-order valence-corrected chi connectivity index (χ1v) is 10.7. The Hall–Kier alpha value is -2.10. The fourth-order valence-corrected chi connectivity index (χ4v) is 2.72. The second-order valence-corrected chi connectivity index (χ2v) is 7.98. The Morgan fingerprint density at radius 2 is 1.17 bits per heavy atom. The van der Waals surface area contributed by atoms with Crippen molar-refractivity contribution in [2.75, 3.05) is 6.61 Å². The summed E-state index contributed by atoms with van der Waals surface area (Å²) in [5.41, 5.74) is 5.46. The first kappa shape index (κ1) is 26.9. The molecular weight excluding hydrogens is 364 g/mol. The molecule has 0 aromatic rings. The SMILES string of the molecule is CC(C)=CCCC(C)=CCCC(C)=CCCC(C)=CCOC(=O)CCCC(=O)O. The van der Waals surface area contributed by atoms with Crippen LogP contribution < -0.4 is 0 Å². The van der Waals surface area contributed by atoms with Crippen LogP contribution in [-0.2, 0) is 14.3 Å². The van der Waals surface area contributed by atoms with Gasteiger partial charge in [0.1, 0.15) is 6.61 Å². The van der Waals surface area contributed by atoms with Gasteiger partial charge in [-0.25, -0.2) is 0 Å². The lowest BCUT2D eigenvalue weighted by atomic mass is 10.0. The summed E-state index contributed by atoms with van der Waals surface area (Å²) in [5, 5.41) is 8.55. The van der Waals surface area contributed by atoms with Crippen LogP contribution in [0.1, 0.15) is 92.4 Å². The Morgan fingerprint density at radius 1 is 0.690 bits per heavy atom. The van der Waals surface area contributed by atoms with Gasteiger partial charge < -0.3 is 9.84 Å². The van der Waals surface area contributed by atoms with E-state index in [0.29, 0.717) is 6.42 Å². The van der Waals surface area contributed by atoms with E-state index in [2.05, 4.69) is 45.9 Å². The standard InChI is InChI=1S/C25H40O4/c1-20(2)10-6-11-21(3)12-7-13-22(4)14-8-15-23(5)18-19-29-25(28)17-9-16-24(26)27/h10,12,14,18H,6-9,11,13,15-17,19H2,1-5H3,(H,26,27). The third-order valence-electron chi connectivity index (χ3n) is 4.60. The number of hydrogen-bond acceptors (Lipinski definition) is 3. The summed E-state index contributed by atoms with van der Waals surface area (Å²) in [6, 6.07) is 0. The number of allylic oxidation sites excluding steroid dienone is 7. The van der Waals surface area contributed by atoms with E-state index in [1.165, 1.54) is 22.3 Å². The third-order valence-corrected chi connectivity index (χ3v) is 4.60. The maximum Gasteiger partial charge on any atom is 0.306 e. The number of rotatable bonds is 15. The molecule has 0 amide bonds. The number of ether oxygens (including phenoxy) is 1. The molecule has 0 aliphatic heterocycles. The van der Waals surface area contributed by atoms with E-state index < -0.39 is 5.97 Å². The van der Waals surface area contributed by atoms with Crippen LogP contribution in [0.3, 0.4) is 0 Å². The van der Waals surface area contributed by atoms with Crippen molar-refractivity contribution < 1.29 is 19.4 Å². The maximum atomic E-state index is 11.5. The van der Waals surface area contributed by atoms with Crippen molar-refractivity contribution >= 4 is 11.9 Å². The molecule has 0 aromatic heterocycles. The van der Waals surface area contributed by atoms with Crippen LogP contribution in [0.5, 0.6) is 0 Å². The molecule has 4 heteroatoms. The first-order valence-electron chi connectivity index (χ1n) is 10.7. The van der Waals surface area contributed by atoms with Crippen molar-refractivity contribution in [2.24, 2.45) is 0 Å². The molecule has 0 atom stereocenters. The van der Waals surface area contributed by atoms with Gasteiger partial charge in [0, 0.05) is 12.8 Å². The second-order valence-electron chi connectivity index (χ2n) is 7.98. The molecule has 0 unspecified atom stereocenters. The van der Waals surface area contributed by atoms with E-state index in [9.17, 15) is 9.59 Å². The number of carbonyl (C=O) groups is 2. The quantitative estimate of drug-likeness (QED) is 0.237. The Bertz CT molecular complexity index is 617.